The molecule has 2 saturated heterocycles. The van der Waals surface area contributed by atoms with E-state index in [0.717, 1.165) is 45.3 Å². The molecule has 0 bridgehead atoms. The number of rotatable bonds is 0. The van der Waals surface area contributed by atoms with Gasteiger partial charge in [-0.2, -0.15) is 0 Å². The zero-order valence-electron chi connectivity index (χ0n) is 8.46. The van der Waals surface area contributed by atoms with Gasteiger partial charge in [0.25, 0.3) is 0 Å². The summed E-state index contributed by atoms with van der Waals surface area (Å²) in [5.74, 6) is 0. The number of carbonyl (C=O) groups is 1. The van der Waals surface area contributed by atoms with Crippen molar-refractivity contribution in [1.82, 2.24) is 10.2 Å². The number of piperidine rings is 2. The third-order valence-corrected chi connectivity index (χ3v) is 3.53. The van der Waals surface area contributed by atoms with E-state index >= 15 is 0 Å². The molecule has 0 saturated carbocycles. The van der Waals surface area contributed by atoms with E-state index in [1.165, 1.54) is 6.42 Å². The van der Waals surface area contributed by atoms with Crippen molar-refractivity contribution in [3.05, 3.63) is 0 Å². The number of likely N-dealkylation sites (tertiary alicyclic amines) is 1. The Balaban J connectivity index is 2.14. The topological polar surface area (TPSA) is 52.6 Å². The highest BCUT2D eigenvalue weighted by Gasteiger charge is 2.42. The number of amides is 1. The van der Waals surface area contributed by atoms with Gasteiger partial charge in [-0.1, -0.05) is 0 Å². The Kier molecular flexibility index (Phi) is 2.63. The highest BCUT2D eigenvalue weighted by molar-refractivity contribution is 5.66. The normalized spacial score (nSPS) is 33.3. The smallest absolute Gasteiger partial charge is 0.407 e. The first-order valence-corrected chi connectivity index (χ1v) is 5.46. The molecule has 0 radical (unpaired) electrons. The van der Waals surface area contributed by atoms with Crippen LogP contribution in [0.25, 0.3) is 0 Å². The molecule has 1 unspecified atom stereocenters. The van der Waals surface area contributed by atoms with Gasteiger partial charge in [0.05, 0.1) is 5.54 Å². The highest BCUT2D eigenvalue weighted by Crippen LogP contribution is 2.33. The van der Waals surface area contributed by atoms with Crippen LogP contribution >= 0.6 is 0 Å². The van der Waals surface area contributed by atoms with E-state index in [2.05, 4.69) is 5.32 Å². The predicted molar refractivity (Wildman–Crippen MR) is 53.4 cm³/mol. The van der Waals surface area contributed by atoms with Crippen molar-refractivity contribution in [1.29, 1.82) is 0 Å². The standard InChI is InChI=1S/C10H18N2O2/c13-9(14)12-7-2-1-4-10(12)5-3-6-11-8-10/h11H,1-8H2,(H,13,14). The quantitative estimate of drug-likeness (QED) is 0.616. The predicted octanol–water partition coefficient (Wildman–Crippen LogP) is 1.27. The van der Waals surface area contributed by atoms with Crippen LogP contribution in [-0.2, 0) is 0 Å². The van der Waals surface area contributed by atoms with E-state index in [-0.39, 0.29) is 5.54 Å². The fourth-order valence-electron chi connectivity index (χ4n) is 2.79. The van der Waals surface area contributed by atoms with Crippen LogP contribution in [0.3, 0.4) is 0 Å². The van der Waals surface area contributed by atoms with Crippen LogP contribution in [0.2, 0.25) is 0 Å². The van der Waals surface area contributed by atoms with E-state index in [0.29, 0.717) is 0 Å². The Hall–Kier alpha value is -0.770. The fourth-order valence-corrected chi connectivity index (χ4v) is 2.79. The van der Waals surface area contributed by atoms with Gasteiger partial charge in [0, 0.05) is 13.1 Å². The van der Waals surface area contributed by atoms with E-state index in [1.54, 1.807) is 4.90 Å². The number of hydrogen-bond donors (Lipinski definition) is 2. The molecule has 4 heteroatoms. The Morgan fingerprint density at radius 1 is 1.29 bits per heavy atom. The molecule has 0 aromatic carbocycles. The largest absolute Gasteiger partial charge is 0.465 e. The third-order valence-electron chi connectivity index (χ3n) is 3.53. The van der Waals surface area contributed by atoms with Crippen LogP contribution in [-0.4, -0.2) is 41.3 Å². The summed E-state index contributed by atoms with van der Waals surface area (Å²) < 4.78 is 0. The van der Waals surface area contributed by atoms with Crippen LogP contribution in [0.4, 0.5) is 4.79 Å². The molecule has 14 heavy (non-hydrogen) atoms. The number of nitrogens with one attached hydrogen (secondary N) is 1. The van der Waals surface area contributed by atoms with Crippen molar-refractivity contribution in [2.75, 3.05) is 19.6 Å². The minimum atomic E-state index is -0.742. The number of nitrogens with zero attached hydrogens (tertiary/aromatic N) is 1. The van der Waals surface area contributed by atoms with Crippen LogP contribution in [0.5, 0.6) is 0 Å². The Bertz CT molecular complexity index is 216. The molecular weight excluding hydrogens is 180 g/mol. The van der Waals surface area contributed by atoms with Crippen molar-refractivity contribution in [2.45, 2.75) is 37.6 Å². The van der Waals surface area contributed by atoms with Gasteiger partial charge in [-0.05, 0) is 38.6 Å². The van der Waals surface area contributed by atoms with Crippen molar-refractivity contribution in [3.8, 4) is 0 Å². The summed E-state index contributed by atoms with van der Waals surface area (Å²) in [5.41, 5.74) is -0.0810. The first kappa shape index (κ1) is 9.77. The zero-order chi connectivity index (χ0) is 10.0. The molecule has 4 nitrogen and oxygen atoms in total. The van der Waals surface area contributed by atoms with Gasteiger partial charge in [0.15, 0.2) is 0 Å². The van der Waals surface area contributed by atoms with Crippen LogP contribution < -0.4 is 5.32 Å². The van der Waals surface area contributed by atoms with Crippen LogP contribution in [0.15, 0.2) is 0 Å². The van der Waals surface area contributed by atoms with Gasteiger partial charge >= 0.3 is 6.09 Å². The first-order chi connectivity index (χ1) is 6.75. The molecule has 0 aromatic heterocycles. The maximum absolute atomic E-state index is 11.1. The first-order valence-electron chi connectivity index (χ1n) is 5.46. The van der Waals surface area contributed by atoms with E-state index < -0.39 is 6.09 Å². The van der Waals surface area contributed by atoms with Gasteiger partial charge < -0.3 is 15.3 Å². The van der Waals surface area contributed by atoms with Crippen molar-refractivity contribution in [3.63, 3.8) is 0 Å². The van der Waals surface area contributed by atoms with Crippen molar-refractivity contribution < 1.29 is 9.90 Å². The number of hydrogen-bond acceptors (Lipinski definition) is 2. The fraction of sp³-hybridized carbons (Fsp3) is 0.900. The Labute approximate surface area is 84.3 Å². The third kappa shape index (κ3) is 1.59. The van der Waals surface area contributed by atoms with Crippen LogP contribution in [0, 0.1) is 0 Å². The van der Waals surface area contributed by atoms with E-state index in [9.17, 15) is 4.79 Å². The molecular formula is C10H18N2O2. The second-order valence-electron chi connectivity index (χ2n) is 4.40. The maximum atomic E-state index is 11.1. The summed E-state index contributed by atoms with van der Waals surface area (Å²) >= 11 is 0. The SMILES string of the molecule is O=C(O)N1CCCCC12CCCNC2. The highest BCUT2D eigenvalue weighted by atomic mass is 16.4. The lowest BCUT2D eigenvalue weighted by Gasteiger charge is -2.48. The molecule has 2 heterocycles. The average Bonchev–Trinajstić information content (AvgIpc) is 2.19. The number of carboxylic acid groups (broad SMARTS) is 1. The second-order valence-corrected chi connectivity index (χ2v) is 4.40. The van der Waals surface area contributed by atoms with Gasteiger partial charge in [-0.15, -0.1) is 0 Å². The summed E-state index contributed by atoms with van der Waals surface area (Å²) in [6.07, 6.45) is 4.62. The molecule has 2 rings (SSSR count). The summed E-state index contributed by atoms with van der Waals surface area (Å²) in [4.78, 5) is 12.8. The molecule has 2 fully saturated rings. The summed E-state index contributed by atoms with van der Waals surface area (Å²) in [7, 11) is 0. The van der Waals surface area contributed by atoms with Crippen molar-refractivity contribution >= 4 is 6.09 Å². The van der Waals surface area contributed by atoms with E-state index in [1.807, 2.05) is 0 Å². The summed E-state index contributed by atoms with van der Waals surface area (Å²) in [6, 6.07) is 0. The summed E-state index contributed by atoms with van der Waals surface area (Å²) in [6.45, 7) is 2.60. The molecule has 0 aromatic rings. The van der Waals surface area contributed by atoms with E-state index in [4.69, 9.17) is 5.11 Å². The zero-order valence-corrected chi connectivity index (χ0v) is 8.46. The molecule has 2 aliphatic heterocycles. The average molecular weight is 198 g/mol. The molecule has 0 aliphatic carbocycles. The van der Waals surface area contributed by atoms with Crippen LogP contribution in [0.1, 0.15) is 32.1 Å². The maximum Gasteiger partial charge on any atom is 0.407 e. The molecule has 80 valence electrons. The molecule has 2 aliphatic rings. The minimum absolute atomic E-state index is 0.0810. The van der Waals surface area contributed by atoms with Gasteiger partial charge in [-0.25, -0.2) is 4.79 Å². The lowest BCUT2D eigenvalue weighted by molar-refractivity contribution is 0.0310. The lowest BCUT2D eigenvalue weighted by Crippen LogP contribution is -2.61. The molecule has 1 amide bonds. The lowest BCUT2D eigenvalue weighted by atomic mass is 9.81. The van der Waals surface area contributed by atoms with Gasteiger partial charge in [0.1, 0.15) is 0 Å². The molecule has 1 atom stereocenters. The van der Waals surface area contributed by atoms with Gasteiger partial charge in [-0.3, -0.25) is 0 Å². The minimum Gasteiger partial charge on any atom is -0.465 e. The van der Waals surface area contributed by atoms with Crippen molar-refractivity contribution in [2.24, 2.45) is 0 Å². The molecule has 1 spiro atoms. The Morgan fingerprint density at radius 2 is 2.07 bits per heavy atom. The monoisotopic (exact) mass is 198 g/mol. The Morgan fingerprint density at radius 3 is 2.71 bits per heavy atom. The second kappa shape index (κ2) is 3.77. The summed E-state index contributed by atoms with van der Waals surface area (Å²) in [5, 5.41) is 12.5. The molecule has 2 N–H and O–H groups in total. The van der Waals surface area contributed by atoms with Gasteiger partial charge in [0.2, 0.25) is 0 Å².